The Morgan fingerprint density at radius 2 is 1.83 bits per heavy atom. The third-order valence-corrected chi connectivity index (χ3v) is 2.49. The molecular formula is C15H23NO2. The van der Waals surface area contributed by atoms with Gasteiger partial charge in [-0.1, -0.05) is 18.2 Å². The molecule has 0 N–H and O–H groups in total. The van der Waals surface area contributed by atoms with Crippen molar-refractivity contribution in [3.63, 3.8) is 0 Å². The molecular weight excluding hydrogens is 226 g/mol. The van der Waals surface area contributed by atoms with Gasteiger partial charge in [-0.2, -0.15) is 0 Å². The number of hydrogen-bond acceptors (Lipinski definition) is 3. The Kier molecular flexibility index (Phi) is 5.20. The van der Waals surface area contributed by atoms with E-state index >= 15 is 0 Å². The number of ether oxygens (including phenoxy) is 1. The summed E-state index contributed by atoms with van der Waals surface area (Å²) >= 11 is 0. The Balaban J connectivity index is 2.28. The number of rotatable bonds is 5. The minimum absolute atomic E-state index is 0.121. The number of anilines is 1. The van der Waals surface area contributed by atoms with Gasteiger partial charge in [0, 0.05) is 25.7 Å². The van der Waals surface area contributed by atoms with Gasteiger partial charge in [-0.3, -0.25) is 4.79 Å². The SMILES string of the molecule is CN(CCCC(=O)OC(C)(C)C)c1ccccc1. The second-order valence-electron chi connectivity index (χ2n) is 5.45. The lowest BCUT2D eigenvalue weighted by Gasteiger charge is -2.21. The maximum Gasteiger partial charge on any atom is 0.306 e. The Labute approximate surface area is 110 Å². The van der Waals surface area contributed by atoms with E-state index in [1.54, 1.807) is 0 Å². The van der Waals surface area contributed by atoms with Gasteiger partial charge < -0.3 is 9.64 Å². The molecule has 100 valence electrons. The first-order valence-corrected chi connectivity index (χ1v) is 6.36. The lowest BCUT2D eigenvalue weighted by molar-refractivity contribution is -0.154. The predicted octanol–water partition coefficient (Wildman–Crippen LogP) is 3.24. The van der Waals surface area contributed by atoms with Crippen LogP contribution >= 0.6 is 0 Å². The van der Waals surface area contributed by atoms with Crippen molar-refractivity contribution in [2.45, 2.75) is 39.2 Å². The Hall–Kier alpha value is -1.51. The fourth-order valence-corrected chi connectivity index (χ4v) is 1.66. The predicted molar refractivity (Wildman–Crippen MR) is 74.8 cm³/mol. The van der Waals surface area contributed by atoms with Crippen LogP contribution in [0.25, 0.3) is 0 Å². The van der Waals surface area contributed by atoms with Crippen molar-refractivity contribution in [3.05, 3.63) is 30.3 Å². The average molecular weight is 249 g/mol. The summed E-state index contributed by atoms with van der Waals surface area (Å²) in [6.07, 6.45) is 1.27. The maximum atomic E-state index is 11.5. The van der Waals surface area contributed by atoms with Gasteiger partial charge in [-0.15, -0.1) is 0 Å². The molecule has 0 aliphatic heterocycles. The zero-order chi connectivity index (χ0) is 13.6. The van der Waals surface area contributed by atoms with E-state index < -0.39 is 0 Å². The number of hydrogen-bond donors (Lipinski definition) is 0. The summed E-state index contributed by atoms with van der Waals surface area (Å²) in [5.74, 6) is -0.121. The second kappa shape index (κ2) is 6.43. The van der Waals surface area contributed by atoms with Crippen molar-refractivity contribution >= 4 is 11.7 Å². The summed E-state index contributed by atoms with van der Waals surface area (Å²) in [5, 5.41) is 0. The molecule has 18 heavy (non-hydrogen) atoms. The second-order valence-corrected chi connectivity index (χ2v) is 5.45. The smallest absolute Gasteiger partial charge is 0.306 e. The fourth-order valence-electron chi connectivity index (χ4n) is 1.66. The van der Waals surface area contributed by atoms with Gasteiger partial charge in [-0.25, -0.2) is 0 Å². The minimum Gasteiger partial charge on any atom is -0.460 e. The number of para-hydroxylation sites is 1. The van der Waals surface area contributed by atoms with Crippen LogP contribution in [0.5, 0.6) is 0 Å². The molecule has 0 radical (unpaired) electrons. The van der Waals surface area contributed by atoms with Crippen LogP contribution in [0, 0.1) is 0 Å². The van der Waals surface area contributed by atoms with Gasteiger partial charge in [0.25, 0.3) is 0 Å². The molecule has 0 aliphatic carbocycles. The van der Waals surface area contributed by atoms with Gasteiger partial charge in [0.05, 0.1) is 0 Å². The van der Waals surface area contributed by atoms with Crippen LogP contribution in [0.3, 0.4) is 0 Å². The summed E-state index contributed by atoms with van der Waals surface area (Å²) in [6.45, 7) is 6.52. The molecule has 0 aromatic heterocycles. The van der Waals surface area contributed by atoms with Crippen molar-refractivity contribution in [2.24, 2.45) is 0 Å². The minimum atomic E-state index is -0.386. The molecule has 1 aromatic carbocycles. The van der Waals surface area contributed by atoms with Gasteiger partial charge in [0.15, 0.2) is 0 Å². The fraction of sp³-hybridized carbons (Fsp3) is 0.533. The van der Waals surface area contributed by atoms with Crippen molar-refractivity contribution in [1.82, 2.24) is 0 Å². The third-order valence-electron chi connectivity index (χ3n) is 2.49. The third kappa shape index (κ3) is 5.71. The van der Waals surface area contributed by atoms with E-state index in [1.807, 2.05) is 46.0 Å². The van der Waals surface area contributed by atoms with E-state index in [0.717, 1.165) is 13.0 Å². The molecule has 1 rings (SSSR count). The monoisotopic (exact) mass is 249 g/mol. The lowest BCUT2D eigenvalue weighted by Crippen LogP contribution is -2.25. The summed E-state index contributed by atoms with van der Waals surface area (Å²) in [6, 6.07) is 10.2. The van der Waals surface area contributed by atoms with Crippen molar-refractivity contribution in [2.75, 3.05) is 18.5 Å². The number of nitrogens with zero attached hydrogens (tertiary/aromatic N) is 1. The molecule has 0 unspecified atom stereocenters. The lowest BCUT2D eigenvalue weighted by atomic mass is 10.2. The zero-order valence-electron chi connectivity index (χ0n) is 11.8. The summed E-state index contributed by atoms with van der Waals surface area (Å²) < 4.78 is 5.27. The van der Waals surface area contributed by atoms with Gasteiger partial charge in [0.1, 0.15) is 5.60 Å². The van der Waals surface area contributed by atoms with E-state index in [2.05, 4.69) is 17.0 Å². The van der Waals surface area contributed by atoms with Crippen LogP contribution in [0.2, 0.25) is 0 Å². The first-order valence-electron chi connectivity index (χ1n) is 6.36. The average Bonchev–Trinajstić information content (AvgIpc) is 2.27. The number of esters is 1. The summed E-state index contributed by atoms with van der Waals surface area (Å²) in [5.41, 5.74) is 0.782. The van der Waals surface area contributed by atoms with Crippen LogP contribution in [0.15, 0.2) is 30.3 Å². The van der Waals surface area contributed by atoms with Crippen LogP contribution in [-0.4, -0.2) is 25.2 Å². The van der Waals surface area contributed by atoms with E-state index in [1.165, 1.54) is 5.69 Å². The number of benzene rings is 1. The molecule has 0 saturated carbocycles. The molecule has 0 heterocycles. The highest BCUT2D eigenvalue weighted by Gasteiger charge is 2.15. The molecule has 0 spiro atoms. The highest BCUT2D eigenvalue weighted by atomic mass is 16.6. The molecule has 3 heteroatoms. The molecule has 0 saturated heterocycles. The molecule has 3 nitrogen and oxygen atoms in total. The van der Waals surface area contributed by atoms with E-state index in [4.69, 9.17) is 4.74 Å². The van der Waals surface area contributed by atoms with Crippen LogP contribution < -0.4 is 4.90 Å². The van der Waals surface area contributed by atoms with Crippen LogP contribution in [0.1, 0.15) is 33.6 Å². The van der Waals surface area contributed by atoms with Gasteiger partial charge in [0.2, 0.25) is 0 Å². The number of carbonyl (C=O) groups is 1. The van der Waals surface area contributed by atoms with Crippen LogP contribution in [0.4, 0.5) is 5.69 Å². The molecule has 0 aliphatic rings. The largest absolute Gasteiger partial charge is 0.460 e. The van der Waals surface area contributed by atoms with E-state index in [0.29, 0.717) is 6.42 Å². The zero-order valence-corrected chi connectivity index (χ0v) is 11.8. The van der Waals surface area contributed by atoms with Crippen LogP contribution in [-0.2, 0) is 9.53 Å². The quantitative estimate of drug-likeness (QED) is 0.750. The van der Waals surface area contributed by atoms with E-state index in [9.17, 15) is 4.79 Å². The first-order chi connectivity index (χ1) is 8.38. The van der Waals surface area contributed by atoms with Crippen molar-refractivity contribution in [1.29, 1.82) is 0 Å². The van der Waals surface area contributed by atoms with Crippen molar-refractivity contribution in [3.8, 4) is 0 Å². The maximum absolute atomic E-state index is 11.5. The standard InChI is InChI=1S/C15H23NO2/c1-15(2,3)18-14(17)11-8-12-16(4)13-9-6-5-7-10-13/h5-7,9-10H,8,11-12H2,1-4H3. The number of carbonyl (C=O) groups excluding carboxylic acids is 1. The summed E-state index contributed by atoms with van der Waals surface area (Å²) in [4.78, 5) is 13.7. The Morgan fingerprint density at radius 3 is 2.39 bits per heavy atom. The molecule has 1 aromatic rings. The topological polar surface area (TPSA) is 29.5 Å². The van der Waals surface area contributed by atoms with Crippen molar-refractivity contribution < 1.29 is 9.53 Å². The highest BCUT2D eigenvalue weighted by Crippen LogP contribution is 2.13. The molecule has 0 amide bonds. The Bertz CT molecular complexity index is 368. The molecule has 0 bridgehead atoms. The normalized spacial score (nSPS) is 11.1. The van der Waals surface area contributed by atoms with Gasteiger partial charge in [-0.05, 0) is 39.3 Å². The van der Waals surface area contributed by atoms with Gasteiger partial charge >= 0.3 is 5.97 Å². The highest BCUT2D eigenvalue weighted by molar-refractivity contribution is 5.69. The first kappa shape index (κ1) is 14.6. The molecule has 0 fully saturated rings. The van der Waals surface area contributed by atoms with E-state index in [-0.39, 0.29) is 11.6 Å². The molecule has 0 atom stereocenters. The summed E-state index contributed by atoms with van der Waals surface area (Å²) in [7, 11) is 2.03. The Morgan fingerprint density at radius 1 is 1.22 bits per heavy atom.